The van der Waals surface area contributed by atoms with Crippen LogP contribution in [0.2, 0.25) is 0 Å². The SMILES string of the molecule is CC(C)(C)OC(=O)[C@H](CC(=O)N[C@@H]1O[C@H](CO)[C@@H](O)[C@H](O)[C@H]1O)NC(=O)OCC1c2ccccc2-c2ccccc21. The lowest BCUT2D eigenvalue weighted by atomic mass is 9.98. The first kappa shape index (κ1) is 30.4. The van der Waals surface area contributed by atoms with Crippen LogP contribution in [-0.2, 0) is 23.8 Å². The number of amides is 2. The van der Waals surface area contributed by atoms with Gasteiger partial charge in [-0.15, -0.1) is 0 Å². The molecular weight excluding hydrogens is 536 g/mol. The number of aliphatic hydroxyl groups is 4. The van der Waals surface area contributed by atoms with Crippen LogP contribution >= 0.6 is 0 Å². The Labute approximate surface area is 237 Å². The molecular formula is C29H36N2O10. The molecule has 6 N–H and O–H groups in total. The topological polar surface area (TPSA) is 184 Å². The van der Waals surface area contributed by atoms with Gasteiger partial charge < -0.3 is 45.3 Å². The second-order valence-electron chi connectivity index (χ2n) is 11.1. The fraction of sp³-hybridized carbons (Fsp3) is 0.483. The van der Waals surface area contributed by atoms with E-state index in [4.69, 9.17) is 14.2 Å². The minimum atomic E-state index is -1.72. The standard InChI is InChI=1S/C29H36N2O10/c1-29(2,3)41-27(37)20(12-22(33)31-26-25(36)24(35)23(34)21(13-32)40-26)30-28(38)39-14-19-17-10-6-4-8-15(17)16-9-5-7-11-18(16)19/h4-11,19-21,23-26,32,34-36H,12-14H2,1-3H3,(H,30,38)(H,31,33)/t20-,21+,23+,24-,25+,26+/m0/s1. The van der Waals surface area contributed by atoms with Crippen LogP contribution in [0.1, 0.15) is 44.2 Å². The Bertz CT molecular complexity index is 1210. The predicted molar refractivity (Wildman–Crippen MR) is 144 cm³/mol. The number of carbonyl (C=O) groups excluding carboxylic acids is 3. The summed E-state index contributed by atoms with van der Waals surface area (Å²) < 4.78 is 16.2. The molecule has 1 heterocycles. The van der Waals surface area contributed by atoms with E-state index in [0.29, 0.717) is 0 Å². The van der Waals surface area contributed by atoms with Crippen molar-refractivity contribution in [3.63, 3.8) is 0 Å². The maximum absolute atomic E-state index is 12.9. The highest BCUT2D eigenvalue weighted by Gasteiger charge is 2.44. The number of ether oxygens (including phenoxy) is 3. The van der Waals surface area contributed by atoms with Crippen LogP contribution in [0.25, 0.3) is 11.1 Å². The summed E-state index contributed by atoms with van der Waals surface area (Å²) >= 11 is 0. The molecule has 0 saturated carbocycles. The molecule has 4 rings (SSSR count). The first-order valence-corrected chi connectivity index (χ1v) is 13.3. The number of esters is 1. The van der Waals surface area contributed by atoms with Gasteiger partial charge in [-0.05, 0) is 43.0 Å². The summed E-state index contributed by atoms with van der Waals surface area (Å²) in [5.74, 6) is -1.96. The molecule has 1 saturated heterocycles. The fourth-order valence-electron chi connectivity index (χ4n) is 4.97. The number of alkyl carbamates (subject to hydrolysis) is 1. The zero-order valence-corrected chi connectivity index (χ0v) is 23.0. The number of hydrogen-bond acceptors (Lipinski definition) is 10. The smallest absolute Gasteiger partial charge is 0.407 e. The summed E-state index contributed by atoms with van der Waals surface area (Å²) in [5, 5.41) is 44.2. The second kappa shape index (κ2) is 12.5. The van der Waals surface area contributed by atoms with Crippen molar-refractivity contribution >= 4 is 18.0 Å². The summed E-state index contributed by atoms with van der Waals surface area (Å²) in [6.07, 6.45) is -9.31. The summed E-state index contributed by atoms with van der Waals surface area (Å²) in [6, 6.07) is 14.2. The molecule has 12 heteroatoms. The third-order valence-electron chi connectivity index (χ3n) is 6.91. The lowest BCUT2D eigenvalue weighted by Gasteiger charge is -2.40. The van der Waals surface area contributed by atoms with Crippen molar-refractivity contribution in [3.05, 3.63) is 59.7 Å². The van der Waals surface area contributed by atoms with Crippen LogP contribution < -0.4 is 10.6 Å². The van der Waals surface area contributed by atoms with Gasteiger partial charge in [0.05, 0.1) is 13.0 Å². The van der Waals surface area contributed by atoms with Crippen LogP contribution in [-0.4, -0.2) is 93.9 Å². The molecule has 222 valence electrons. The molecule has 0 unspecified atom stereocenters. The summed E-state index contributed by atoms with van der Waals surface area (Å²) in [5.41, 5.74) is 3.18. The van der Waals surface area contributed by atoms with E-state index in [2.05, 4.69) is 10.6 Å². The highest BCUT2D eigenvalue weighted by Crippen LogP contribution is 2.44. The molecule has 2 aromatic carbocycles. The summed E-state index contributed by atoms with van der Waals surface area (Å²) in [6.45, 7) is 4.19. The molecule has 12 nitrogen and oxygen atoms in total. The van der Waals surface area contributed by atoms with Gasteiger partial charge in [-0.3, -0.25) is 4.79 Å². The highest BCUT2D eigenvalue weighted by molar-refractivity contribution is 5.88. The van der Waals surface area contributed by atoms with E-state index < -0.39 is 73.3 Å². The number of nitrogens with one attached hydrogen (secondary N) is 2. The molecule has 41 heavy (non-hydrogen) atoms. The van der Waals surface area contributed by atoms with Crippen molar-refractivity contribution in [2.24, 2.45) is 0 Å². The van der Waals surface area contributed by atoms with E-state index in [1.54, 1.807) is 20.8 Å². The Morgan fingerprint density at radius 2 is 1.51 bits per heavy atom. The zero-order chi connectivity index (χ0) is 29.9. The molecule has 0 radical (unpaired) electrons. The fourth-order valence-corrected chi connectivity index (χ4v) is 4.97. The Kier molecular flexibility index (Phi) is 9.30. The minimum Gasteiger partial charge on any atom is -0.458 e. The van der Waals surface area contributed by atoms with Crippen molar-refractivity contribution in [2.75, 3.05) is 13.2 Å². The quantitative estimate of drug-likeness (QED) is 0.244. The van der Waals surface area contributed by atoms with Gasteiger partial charge >= 0.3 is 12.1 Å². The Morgan fingerprint density at radius 3 is 2.07 bits per heavy atom. The lowest BCUT2D eigenvalue weighted by molar-refractivity contribution is -0.236. The minimum absolute atomic E-state index is 0.0159. The third-order valence-corrected chi connectivity index (χ3v) is 6.91. The van der Waals surface area contributed by atoms with E-state index in [9.17, 15) is 34.8 Å². The first-order valence-electron chi connectivity index (χ1n) is 13.3. The molecule has 2 amide bonds. The van der Waals surface area contributed by atoms with Crippen molar-refractivity contribution in [2.45, 2.75) is 75.4 Å². The van der Waals surface area contributed by atoms with Gasteiger partial charge in [-0.1, -0.05) is 48.5 Å². The highest BCUT2D eigenvalue weighted by atomic mass is 16.6. The van der Waals surface area contributed by atoms with E-state index in [0.717, 1.165) is 22.3 Å². The molecule has 0 bridgehead atoms. The van der Waals surface area contributed by atoms with E-state index in [1.807, 2.05) is 48.5 Å². The van der Waals surface area contributed by atoms with Gasteiger partial charge in [-0.25, -0.2) is 9.59 Å². The van der Waals surface area contributed by atoms with Gasteiger partial charge in [0, 0.05) is 5.92 Å². The van der Waals surface area contributed by atoms with Gasteiger partial charge in [0.25, 0.3) is 0 Å². The number of aliphatic hydroxyl groups excluding tert-OH is 4. The average molecular weight is 573 g/mol. The zero-order valence-electron chi connectivity index (χ0n) is 23.0. The average Bonchev–Trinajstić information content (AvgIpc) is 3.24. The normalized spacial score (nSPS) is 24.5. The Balaban J connectivity index is 1.42. The number of benzene rings is 2. The Morgan fingerprint density at radius 1 is 0.927 bits per heavy atom. The Hall–Kier alpha value is -3.55. The molecule has 2 aromatic rings. The van der Waals surface area contributed by atoms with Crippen LogP contribution in [0.5, 0.6) is 0 Å². The number of fused-ring (bicyclic) bond motifs is 3. The predicted octanol–water partition coefficient (Wildman–Crippen LogP) is 0.542. The van der Waals surface area contributed by atoms with Gasteiger partial charge in [0.2, 0.25) is 5.91 Å². The molecule has 2 aliphatic rings. The van der Waals surface area contributed by atoms with Crippen molar-refractivity contribution in [1.29, 1.82) is 0 Å². The first-order chi connectivity index (χ1) is 19.4. The van der Waals surface area contributed by atoms with Crippen molar-refractivity contribution in [1.82, 2.24) is 10.6 Å². The molecule has 6 atom stereocenters. The number of rotatable bonds is 8. The monoisotopic (exact) mass is 572 g/mol. The maximum Gasteiger partial charge on any atom is 0.407 e. The molecule has 0 aromatic heterocycles. The van der Waals surface area contributed by atoms with Crippen molar-refractivity contribution < 1.29 is 49.0 Å². The van der Waals surface area contributed by atoms with Crippen molar-refractivity contribution in [3.8, 4) is 11.1 Å². The summed E-state index contributed by atoms with van der Waals surface area (Å²) in [4.78, 5) is 38.6. The van der Waals surface area contributed by atoms with Crippen LogP contribution in [0, 0.1) is 0 Å². The van der Waals surface area contributed by atoms with Gasteiger partial charge in [-0.2, -0.15) is 0 Å². The van der Waals surface area contributed by atoms with Crippen LogP contribution in [0.15, 0.2) is 48.5 Å². The maximum atomic E-state index is 12.9. The third kappa shape index (κ3) is 7.03. The second-order valence-corrected chi connectivity index (χ2v) is 11.1. The van der Waals surface area contributed by atoms with Gasteiger partial charge in [0.15, 0.2) is 6.23 Å². The van der Waals surface area contributed by atoms with E-state index >= 15 is 0 Å². The molecule has 0 spiro atoms. The molecule has 1 fully saturated rings. The van der Waals surface area contributed by atoms with Crippen LogP contribution in [0.4, 0.5) is 4.79 Å². The molecule has 1 aliphatic heterocycles. The lowest BCUT2D eigenvalue weighted by Crippen LogP contribution is -2.63. The van der Waals surface area contributed by atoms with Gasteiger partial charge in [0.1, 0.15) is 42.7 Å². The number of hydrogen-bond donors (Lipinski definition) is 6. The van der Waals surface area contributed by atoms with E-state index in [1.165, 1.54) is 0 Å². The number of carbonyl (C=O) groups is 3. The van der Waals surface area contributed by atoms with E-state index in [-0.39, 0.29) is 12.5 Å². The largest absolute Gasteiger partial charge is 0.458 e. The molecule has 1 aliphatic carbocycles. The summed E-state index contributed by atoms with van der Waals surface area (Å²) in [7, 11) is 0. The van der Waals surface area contributed by atoms with Crippen LogP contribution in [0.3, 0.4) is 0 Å².